The summed E-state index contributed by atoms with van der Waals surface area (Å²) in [5, 5.41) is 10.1. The van der Waals surface area contributed by atoms with Crippen LogP contribution in [0.5, 0.6) is 11.5 Å². The van der Waals surface area contributed by atoms with Gasteiger partial charge in [-0.2, -0.15) is 0 Å². The molecule has 1 heterocycles. The van der Waals surface area contributed by atoms with E-state index in [2.05, 4.69) is 20.8 Å². The van der Waals surface area contributed by atoms with Gasteiger partial charge in [-0.3, -0.25) is 0 Å². The Balaban J connectivity index is 2.12. The van der Waals surface area contributed by atoms with Crippen LogP contribution < -0.4 is 4.74 Å². The third-order valence-corrected chi connectivity index (χ3v) is 5.25. The van der Waals surface area contributed by atoms with E-state index >= 15 is 0 Å². The number of phenols is 1. The van der Waals surface area contributed by atoms with Crippen molar-refractivity contribution in [1.82, 2.24) is 0 Å². The predicted octanol–water partition coefficient (Wildman–Crippen LogP) is 3.81. The minimum Gasteiger partial charge on any atom is -0.507 e. The van der Waals surface area contributed by atoms with Gasteiger partial charge in [-0.05, 0) is 56.7 Å². The van der Waals surface area contributed by atoms with Crippen molar-refractivity contribution in [2.24, 2.45) is 5.41 Å². The molecule has 1 saturated carbocycles. The van der Waals surface area contributed by atoms with Gasteiger partial charge in [-0.15, -0.1) is 0 Å². The second-order valence-electron chi connectivity index (χ2n) is 6.69. The van der Waals surface area contributed by atoms with E-state index in [1.165, 1.54) is 5.56 Å². The van der Waals surface area contributed by atoms with Crippen LogP contribution in [0.2, 0.25) is 0 Å². The number of aromatic hydroxyl groups is 1. The van der Waals surface area contributed by atoms with Crippen molar-refractivity contribution in [3.8, 4) is 11.5 Å². The van der Waals surface area contributed by atoms with Crippen LogP contribution in [-0.2, 0) is 6.42 Å². The molecule has 1 atom stereocenters. The lowest BCUT2D eigenvalue weighted by Gasteiger charge is -2.32. The number of rotatable bonds is 0. The molecule has 0 aromatic heterocycles. The molecule has 1 aliphatic heterocycles. The van der Waals surface area contributed by atoms with Crippen LogP contribution in [0.4, 0.5) is 0 Å². The van der Waals surface area contributed by atoms with Crippen LogP contribution >= 0.6 is 0 Å². The standard InChI is InChI=1S/C16H22O2/c1-9-10(2)14-12(11(3)13(9)17)6-7-16(18-14)8-15(16,4)5/h17H,6-8H2,1-5H3. The fourth-order valence-electron chi connectivity index (χ4n) is 3.45. The van der Waals surface area contributed by atoms with E-state index < -0.39 is 0 Å². The molecule has 2 nitrogen and oxygen atoms in total. The van der Waals surface area contributed by atoms with Crippen LogP contribution in [-0.4, -0.2) is 10.7 Å². The maximum Gasteiger partial charge on any atom is 0.127 e. The van der Waals surface area contributed by atoms with Crippen molar-refractivity contribution in [2.75, 3.05) is 0 Å². The van der Waals surface area contributed by atoms with Crippen molar-refractivity contribution in [2.45, 2.75) is 59.5 Å². The molecular formula is C16H22O2. The Morgan fingerprint density at radius 2 is 1.67 bits per heavy atom. The van der Waals surface area contributed by atoms with Gasteiger partial charge in [0.25, 0.3) is 0 Å². The first-order valence-corrected chi connectivity index (χ1v) is 6.80. The predicted molar refractivity (Wildman–Crippen MR) is 72.4 cm³/mol. The molecule has 0 saturated heterocycles. The minimum atomic E-state index is 0.0562. The van der Waals surface area contributed by atoms with Crippen LogP contribution in [0, 0.1) is 26.2 Å². The molecule has 18 heavy (non-hydrogen) atoms. The summed E-state index contributed by atoms with van der Waals surface area (Å²) in [5.41, 5.74) is 4.64. The largest absolute Gasteiger partial charge is 0.507 e. The molecule has 1 unspecified atom stereocenters. The first-order chi connectivity index (χ1) is 8.29. The van der Waals surface area contributed by atoms with Gasteiger partial charge in [0.15, 0.2) is 0 Å². The summed E-state index contributed by atoms with van der Waals surface area (Å²) in [6, 6.07) is 0. The van der Waals surface area contributed by atoms with E-state index in [1.54, 1.807) is 0 Å². The summed E-state index contributed by atoms with van der Waals surface area (Å²) in [4.78, 5) is 0. The summed E-state index contributed by atoms with van der Waals surface area (Å²) in [6.45, 7) is 10.6. The van der Waals surface area contributed by atoms with Crippen LogP contribution in [0.25, 0.3) is 0 Å². The lowest BCUT2D eigenvalue weighted by molar-refractivity contribution is 0.110. The molecule has 1 aromatic rings. The molecule has 1 aromatic carbocycles. The molecule has 0 bridgehead atoms. The van der Waals surface area contributed by atoms with Crippen molar-refractivity contribution in [1.29, 1.82) is 0 Å². The third kappa shape index (κ3) is 1.29. The molecule has 2 heteroatoms. The summed E-state index contributed by atoms with van der Waals surface area (Å²) in [5.74, 6) is 1.49. The van der Waals surface area contributed by atoms with Crippen LogP contribution in [0.3, 0.4) is 0 Å². The van der Waals surface area contributed by atoms with Crippen LogP contribution in [0.1, 0.15) is 48.9 Å². The fourth-order valence-corrected chi connectivity index (χ4v) is 3.45. The Morgan fingerprint density at radius 3 is 2.22 bits per heavy atom. The summed E-state index contributed by atoms with van der Waals surface area (Å²) < 4.78 is 6.38. The van der Waals surface area contributed by atoms with Crippen LogP contribution in [0.15, 0.2) is 0 Å². The average Bonchev–Trinajstić information content (AvgIpc) is 2.84. The van der Waals surface area contributed by atoms with Crippen molar-refractivity contribution < 1.29 is 9.84 Å². The average molecular weight is 246 g/mol. The molecule has 1 aliphatic carbocycles. The van der Waals surface area contributed by atoms with Gasteiger partial charge >= 0.3 is 0 Å². The quantitative estimate of drug-likeness (QED) is 0.754. The highest BCUT2D eigenvalue weighted by Gasteiger charge is 2.64. The van der Waals surface area contributed by atoms with E-state index in [0.717, 1.165) is 41.7 Å². The molecule has 98 valence electrons. The van der Waals surface area contributed by atoms with E-state index in [4.69, 9.17) is 4.74 Å². The molecule has 1 spiro atoms. The highest BCUT2D eigenvalue weighted by molar-refractivity contribution is 5.58. The van der Waals surface area contributed by atoms with Gasteiger partial charge in [0.2, 0.25) is 0 Å². The minimum absolute atomic E-state index is 0.0562. The number of hydrogen-bond acceptors (Lipinski definition) is 2. The van der Waals surface area contributed by atoms with Crippen molar-refractivity contribution in [3.05, 3.63) is 22.3 Å². The number of fused-ring (bicyclic) bond motifs is 1. The molecule has 0 radical (unpaired) electrons. The molecule has 1 fully saturated rings. The normalized spacial score (nSPS) is 27.8. The van der Waals surface area contributed by atoms with Crippen molar-refractivity contribution in [3.63, 3.8) is 0 Å². The first-order valence-electron chi connectivity index (χ1n) is 6.80. The Morgan fingerprint density at radius 1 is 1.06 bits per heavy atom. The number of phenolic OH excluding ortho intramolecular Hbond substituents is 1. The Hall–Kier alpha value is -1.18. The fraction of sp³-hybridized carbons (Fsp3) is 0.625. The maximum atomic E-state index is 10.1. The van der Waals surface area contributed by atoms with E-state index in [1.807, 2.05) is 13.8 Å². The van der Waals surface area contributed by atoms with Gasteiger partial charge in [0, 0.05) is 11.0 Å². The Bertz CT molecular complexity index is 543. The molecular weight excluding hydrogens is 224 g/mol. The second-order valence-corrected chi connectivity index (χ2v) is 6.69. The van der Waals surface area contributed by atoms with Gasteiger partial charge < -0.3 is 9.84 Å². The van der Waals surface area contributed by atoms with E-state index in [-0.39, 0.29) is 5.60 Å². The third-order valence-electron chi connectivity index (χ3n) is 5.25. The zero-order valence-corrected chi connectivity index (χ0v) is 12.0. The zero-order valence-electron chi connectivity index (χ0n) is 12.0. The van der Waals surface area contributed by atoms with Crippen molar-refractivity contribution >= 4 is 0 Å². The SMILES string of the molecule is Cc1c(C)c2c(c(C)c1O)CCC1(CC1(C)C)O2. The number of hydrogen-bond donors (Lipinski definition) is 1. The Labute approximate surface area is 109 Å². The summed E-state index contributed by atoms with van der Waals surface area (Å²) >= 11 is 0. The smallest absolute Gasteiger partial charge is 0.127 e. The van der Waals surface area contributed by atoms with Gasteiger partial charge in [-0.1, -0.05) is 13.8 Å². The lowest BCUT2D eigenvalue weighted by atomic mass is 9.89. The molecule has 1 N–H and O–H groups in total. The van der Waals surface area contributed by atoms with E-state index in [9.17, 15) is 5.11 Å². The number of ether oxygens (including phenoxy) is 1. The Kier molecular flexibility index (Phi) is 2.13. The highest BCUT2D eigenvalue weighted by Crippen LogP contribution is 2.63. The monoisotopic (exact) mass is 246 g/mol. The molecule has 0 amide bonds. The molecule has 2 aliphatic rings. The zero-order chi connectivity index (χ0) is 13.3. The number of benzene rings is 1. The summed E-state index contributed by atoms with van der Waals surface area (Å²) in [7, 11) is 0. The van der Waals surface area contributed by atoms with Gasteiger partial charge in [0.05, 0.1) is 0 Å². The van der Waals surface area contributed by atoms with E-state index in [0.29, 0.717) is 11.2 Å². The second kappa shape index (κ2) is 3.23. The first kappa shape index (κ1) is 11.9. The van der Waals surface area contributed by atoms with Gasteiger partial charge in [-0.25, -0.2) is 0 Å². The maximum absolute atomic E-state index is 10.1. The molecule has 3 rings (SSSR count). The topological polar surface area (TPSA) is 29.5 Å². The highest BCUT2D eigenvalue weighted by atomic mass is 16.5. The summed E-state index contributed by atoms with van der Waals surface area (Å²) in [6.07, 6.45) is 3.26. The van der Waals surface area contributed by atoms with Gasteiger partial charge in [0.1, 0.15) is 17.1 Å². The lowest BCUT2D eigenvalue weighted by Crippen LogP contribution is -2.30.